The second kappa shape index (κ2) is 4.88. The summed E-state index contributed by atoms with van der Waals surface area (Å²) in [6.45, 7) is 0.120. The molecule has 0 bridgehead atoms. The Morgan fingerprint density at radius 1 is 1.38 bits per heavy atom. The van der Waals surface area contributed by atoms with Gasteiger partial charge >= 0.3 is 0 Å². The molecule has 0 amide bonds. The first-order chi connectivity index (χ1) is 6.24. The highest BCUT2D eigenvalue weighted by Gasteiger charge is 2.39. The average Bonchev–Trinajstić information content (AvgIpc) is 2.17. The maximum Gasteiger partial charge on any atom is 0.114 e. The van der Waals surface area contributed by atoms with E-state index in [0.29, 0.717) is 6.61 Å². The third-order valence-electron chi connectivity index (χ3n) is 2.31. The summed E-state index contributed by atoms with van der Waals surface area (Å²) in [5.74, 6) is 0. The van der Waals surface area contributed by atoms with Crippen LogP contribution in [-0.2, 0) is 14.2 Å². The van der Waals surface area contributed by atoms with E-state index in [0.717, 1.165) is 0 Å². The van der Waals surface area contributed by atoms with Crippen molar-refractivity contribution in [2.75, 3.05) is 27.4 Å². The van der Waals surface area contributed by atoms with E-state index in [1.807, 2.05) is 0 Å². The predicted octanol–water partition coefficient (Wildman–Crippen LogP) is -1.23. The molecule has 1 rings (SSSR count). The first-order valence-electron chi connectivity index (χ1n) is 4.20. The Balaban J connectivity index is 2.59. The number of methoxy groups -OCH3 is 2. The highest BCUT2D eigenvalue weighted by atomic mass is 16.6. The quantitative estimate of drug-likeness (QED) is 0.586. The minimum absolute atomic E-state index is 0.211. The molecule has 3 unspecified atom stereocenters. The Morgan fingerprint density at radius 3 is 2.54 bits per heavy atom. The second-order valence-corrected chi connectivity index (χ2v) is 3.02. The predicted molar refractivity (Wildman–Crippen MR) is 44.4 cm³/mol. The van der Waals surface area contributed by atoms with Gasteiger partial charge in [-0.15, -0.1) is 0 Å². The summed E-state index contributed by atoms with van der Waals surface area (Å²) in [4.78, 5) is 0. The Kier molecular flexibility index (Phi) is 4.08. The first-order valence-corrected chi connectivity index (χ1v) is 4.20. The van der Waals surface area contributed by atoms with Gasteiger partial charge in [-0.1, -0.05) is 0 Å². The van der Waals surface area contributed by atoms with E-state index in [1.165, 1.54) is 14.2 Å². The fourth-order valence-electron chi connectivity index (χ4n) is 1.50. The zero-order chi connectivity index (χ0) is 9.84. The molecule has 0 aromatic heterocycles. The Hall–Kier alpha value is -0.200. The van der Waals surface area contributed by atoms with Crippen LogP contribution in [0.4, 0.5) is 0 Å². The maximum atomic E-state index is 9.64. The summed E-state index contributed by atoms with van der Waals surface area (Å²) < 4.78 is 15.3. The van der Waals surface area contributed by atoms with Crippen LogP contribution in [0, 0.1) is 0 Å². The van der Waals surface area contributed by atoms with Crippen molar-refractivity contribution >= 4 is 0 Å². The molecular weight excluding hydrogens is 176 g/mol. The van der Waals surface area contributed by atoms with Crippen molar-refractivity contribution in [3.8, 4) is 0 Å². The van der Waals surface area contributed by atoms with E-state index in [-0.39, 0.29) is 12.7 Å². The van der Waals surface area contributed by atoms with Gasteiger partial charge in [0.1, 0.15) is 24.4 Å². The van der Waals surface area contributed by atoms with Gasteiger partial charge in [0.05, 0.1) is 13.2 Å². The van der Waals surface area contributed by atoms with Crippen LogP contribution in [0.5, 0.6) is 0 Å². The lowest BCUT2D eigenvalue weighted by molar-refractivity contribution is -0.210. The van der Waals surface area contributed by atoms with Crippen LogP contribution in [0.15, 0.2) is 0 Å². The van der Waals surface area contributed by atoms with Crippen molar-refractivity contribution in [3.05, 3.63) is 0 Å². The average molecular weight is 192 g/mol. The van der Waals surface area contributed by atoms with Crippen molar-refractivity contribution in [2.24, 2.45) is 0 Å². The second-order valence-electron chi connectivity index (χ2n) is 3.02. The van der Waals surface area contributed by atoms with Crippen molar-refractivity contribution in [1.82, 2.24) is 0 Å². The Morgan fingerprint density at radius 2 is 2.08 bits per heavy atom. The zero-order valence-corrected chi connectivity index (χ0v) is 7.84. The highest BCUT2D eigenvalue weighted by molar-refractivity contribution is 4.88. The summed E-state index contributed by atoms with van der Waals surface area (Å²) in [5.41, 5.74) is 0. The van der Waals surface area contributed by atoms with Crippen LogP contribution in [0.1, 0.15) is 0 Å². The minimum Gasteiger partial charge on any atom is -0.394 e. The van der Waals surface area contributed by atoms with Gasteiger partial charge in [-0.05, 0) is 0 Å². The molecule has 13 heavy (non-hydrogen) atoms. The molecule has 0 aliphatic carbocycles. The van der Waals surface area contributed by atoms with Crippen LogP contribution in [0.2, 0.25) is 0 Å². The zero-order valence-electron chi connectivity index (χ0n) is 7.84. The topological polar surface area (TPSA) is 68.2 Å². The number of aliphatic hydroxyl groups is 2. The molecule has 1 heterocycles. The summed E-state index contributed by atoms with van der Waals surface area (Å²) >= 11 is 0. The Labute approximate surface area is 77.2 Å². The van der Waals surface area contributed by atoms with E-state index >= 15 is 0 Å². The summed E-state index contributed by atoms with van der Waals surface area (Å²) in [6, 6.07) is 0. The van der Waals surface area contributed by atoms with Crippen molar-refractivity contribution < 1.29 is 24.4 Å². The van der Waals surface area contributed by atoms with Gasteiger partial charge in [0, 0.05) is 14.2 Å². The van der Waals surface area contributed by atoms with Crippen molar-refractivity contribution in [3.63, 3.8) is 0 Å². The van der Waals surface area contributed by atoms with E-state index in [1.54, 1.807) is 0 Å². The summed E-state index contributed by atoms with van der Waals surface area (Å²) in [6.07, 6.45) is -2.12. The SMILES string of the molecule is COC1COC(CO)[C@H](O)C1OC. The van der Waals surface area contributed by atoms with Crippen LogP contribution < -0.4 is 0 Å². The third-order valence-corrected chi connectivity index (χ3v) is 2.31. The Bertz CT molecular complexity index is 151. The maximum absolute atomic E-state index is 9.64. The van der Waals surface area contributed by atoms with Crippen molar-refractivity contribution in [2.45, 2.75) is 24.4 Å². The van der Waals surface area contributed by atoms with Crippen LogP contribution in [-0.4, -0.2) is 62.1 Å². The lowest BCUT2D eigenvalue weighted by Crippen LogP contribution is -2.55. The molecule has 78 valence electrons. The lowest BCUT2D eigenvalue weighted by Gasteiger charge is -2.37. The summed E-state index contributed by atoms with van der Waals surface area (Å²) in [5, 5.41) is 18.5. The number of hydrogen-bond donors (Lipinski definition) is 2. The fraction of sp³-hybridized carbons (Fsp3) is 1.00. The molecule has 0 radical (unpaired) electrons. The monoisotopic (exact) mass is 192 g/mol. The fourth-order valence-corrected chi connectivity index (χ4v) is 1.50. The van der Waals surface area contributed by atoms with Gasteiger partial charge in [-0.3, -0.25) is 0 Å². The largest absolute Gasteiger partial charge is 0.394 e. The van der Waals surface area contributed by atoms with Gasteiger partial charge in [0.25, 0.3) is 0 Å². The molecule has 1 saturated heterocycles. The molecule has 4 atom stereocenters. The number of aliphatic hydroxyl groups excluding tert-OH is 2. The molecular formula is C8H16O5. The molecule has 1 aliphatic rings. The standard InChI is InChI=1S/C8H16O5/c1-11-6-4-13-5(3-9)7(10)8(6)12-2/h5-10H,3-4H2,1-2H3/t5?,6?,7-,8?/m0/s1. The molecule has 5 nitrogen and oxygen atoms in total. The van der Waals surface area contributed by atoms with E-state index in [4.69, 9.17) is 19.3 Å². The summed E-state index contributed by atoms with van der Waals surface area (Å²) in [7, 11) is 3.03. The van der Waals surface area contributed by atoms with Gasteiger partial charge in [0.15, 0.2) is 0 Å². The van der Waals surface area contributed by atoms with Crippen LogP contribution in [0.3, 0.4) is 0 Å². The lowest BCUT2D eigenvalue weighted by atomic mass is 10.0. The van der Waals surface area contributed by atoms with Gasteiger partial charge in [-0.25, -0.2) is 0 Å². The minimum atomic E-state index is -0.839. The third kappa shape index (κ3) is 2.18. The molecule has 5 heteroatoms. The molecule has 1 aliphatic heterocycles. The normalized spacial score (nSPS) is 40.6. The molecule has 0 saturated carbocycles. The molecule has 0 spiro atoms. The number of hydrogen-bond acceptors (Lipinski definition) is 5. The van der Waals surface area contributed by atoms with E-state index < -0.39 is 18.3 Å². The highest BCUT2D eigenvalue weighted by Crippen LogP contribution is 2.19. The van der Waals surface area contributed by atoms with Crippen LogP contribution >= 0.6 is 0 Å². The number of rotatable bonds is 3. The van der Waals surface area contributed by atoms with Crippen LogP contribution in [0.25, 0.3) is 0 Å². The van der Waals surface area contributed by atoms with E-state index in [9.17, 15) is 5.11 Å². The molecule has 1 fully saturated rings. The van der Waals surface area contributed by atoms with Gasteiger partial charge < -0.3 is 24.4 Å². The number of ether oxygens (including phenoxy) is 3. The first kappa shape index (κ1) is 10.9. The van der Waals surface area contributed by atoms with E-state index in [2.05, 4.69) is 0 Å². The van der Waals surface area contributed by atoms with Gasteiger partial charge in [-0.2, -0.15) is 0 Å². The molecule has 0 aromatic rings. The molecule has 0 aromatic carbocycles. The van der Waals surface area contributed by atoms with Gasteiger partial charge in [0.2, 0.25) is 0 Å². The molecule has 2 N–H and O–H groups in total. The smallest absolute Gasteiger partial charge is 0.114 e. The van der Waals surface area contributed by atoms with Crippen molar-refractivity contribution in [1.29, 1.82) is 0 Å².